The third kappa shape index (κ3) is 0.844. The zero-order valence-corrected chi connectivity index (χ0v) is 5.18. The van der Waals surface area contributed by atoms with Crippen molar-refractivity contribution in [2.45, 2.75) is 19.4 Å². The van der Waals surface area contributed by atoms with Gasteiger partial charge in [-0.25, -0.2) is 0 Å². The molecule has 3 heteroatoms. The average molecular weight is 116 g/mol. The normalized spacial score (nSPS) is 28.9. The van der Waals surface area contributed by atoms with Gasteiger partial charge in [0.1, 0.15) is 6.73 Å². The van der Waals surface area contributed by atoms with Gasteiger partial charge in [-0.05, 0) is 13.8 Å². The predicted molar refractivity (Wildman–Crippen MR) is 27.4 cm³/mol. The lowest BCUT2D eigenvalue weighted by atomic mass is 10.1. The molecule has 47 valence electrons. The Bertz CT molecular complexity index is 92.4. The Kier molecular flexibility index (Phi) is 1.27. The van der Waals surface area contributed by atoms with Gasteiger partial charge in [0.15, 0.2) is 0 Å². The molecule has 0 unspecified atom stereocenters. The Morgan fingerprint density at radius 1 is 1.62 bits per heavy atom. The summed E-state index contributed by atoms with van der Waals surface area (Å²) in [5.74, 6) is 0. The van der Waals surface area contributed by atoms with Crippen molar-refractivity contribution >= 4 is 0 Å². The predicted octanol–water partition coefficient (Wildman–Crippen LogP) is 0.400. The van der Waals surface area contributed by atoms with Crippen molar-refractivity contribution in [2.24, 2.45) is 0 Å². The first kappa shape index (κ1) is 6.01. The molecule has 0 aromatic rings. The SMILES string of the molecule is CC1(C)COCN1[O]. The highest BCUT2D eigenvalue weighted by Gasteiger charge is 2.32. The fourth-order valence-electron chi connectivity index (χ4n) is 0.625. The van der Waals surface area contributed by atoms with Crippen molar-refractivity contribution in [3.05, 3.63) is 0 Å². The molecule has 0 aliphatic carbocycles. The number of rotatable bonds is 0. The molecule has 1 heterocycles. The van der Waals surface area contributed by atoms with E-state index in [9.17, 15) is 5.21 Å². The first-order valence-corrected chi connectivity index (χ1v) is 2.65. The van der Waals surface area contributed by atoms with Crippen LogP contribution in [-0.4, -0.2) is 23.9 Å². The Morgan fingerprint density at radius 3 is 2.38 bits per heavy atom. The number of nitrogens with zero attached hydrogens (tertiary/aromatic N) is 1. The molecule has 1 radical (unpaired) electrons. The lowest BCUT2D eigenvalue weighted by Crippen LogP contribution is -2.36. The van der Waals surface area contributed by atoms with Gasteiger partial charge in [0.2, 0.25) is 0 Å². The minimum atomic E-state index is -0.292. The van der Waals surface area contributed by atoms with E-state index in [4.69, 9.17) is 4.74 Å². The van der Waals surface area contributed by atoms with Gasteiger partial charge in [-0.1, -0.05) is 0 Å². The van der Waals surface area contributed by atoms with Crippen LogP contribution in [-0.2, 0) is 9.94 Å². The quantitative estimate of drug-likeness (QED) is 0.459. The molecule has 1 rings (SSSR count). The van der Waals surface area contributed by atoms with Gasteiger partial charge in [-0.15, -0.1) is 10.3 Å². The highest BCUT2D eigenvalue weighted by Crippen LogP contribution is 2.18. The molecule has 0 atom stereocenters. The van der Waals surface area contributed by atoms with Gasteiger partial charge < -0.3 is 4.74 Å². The summed E-state index contributed by atoms with van der Waals surface area (Å²) >= 11 is 0. The van der Waals surface area contributed by atoms with Crippen molar-refractivity contribution in [3.63, 3.8) is 0 Å². The molecule has 0 aromatic heterocycles. The van der Waals surface area contributed by atoms with Gasteiger partial charge in [0, 0.05) is 0 Å². The van der Waals surface area contributed by atoms with E-state index in [1.54, 1.807) is 0 Å². The summed E-state index contributed by atoms with van der Waals surface area (Å²) in [6.45, 7) is 4.52. The van der Waals surface area contributed by atoms with Gasteiger partial charge in [0.05, 0.1) is 12.1 Å². The smallest absolute Gasteiger partial charge is 0.126 e. The van der Waals surface area contributed by atoms with E-state index >= 15 is 0 Å². The van der Waals surface area contributed by atoms with E-state index in [0.717, 1.165) is 5.06 Å². The van der Waals surface area contributed by atoms with Gasteiger partial charge >= 0.3 is 0 Å². The highest BCUT2D eigenvalue weighted by molar-refractivity contribution is 4.77. The molecule has 1 saturated heterocycles. The molecule has 1 aliphatic rings. The first-order chi connectivity index (χ1) is 3.63. The second kappa shape index (κ2) is 1.69. The van der Waals surface area contributed by atoms with Gasteiger partial charge in [0.25, 0.3) is 0 Å². The summed E-state index contributed by atoms with van der Waals surface area (Å²) in [4.78, 5) is 0. The van der Waals surface area contributed by atoms with Crippen LogP contribution in [0.1, 0.15) is 13.8 Å². The summed E-state index contributed by atoms with van der Waals surface area (Å²) in [5.41, 5.74) is -0.292. The molecule has 1 aliphatic heterocycles. The minimum absolute atomic E-state index is 0.229. The van der Waals surface area contributed by atoms with Crippen LogP contribution >= 0.6 is 0 Å². The average Bonchev–Trinajstić information content (AvgIpc) is 1.86. The highest BCUT2D eigenvalue weighted by atomic mass is 16.6. The minimum Gasteiger partial charge on any atom is -0.362 e. The van der Waals surface area contributed by atoms with E-state index in [0.29, 0.717) is 6.61 Å². The number of hydrogen-bond acceptors (Lipinski definition) is 2. The fraction of sp³-hybridized carbons (Fsp3) is 1.00. The van der Waals surface area contributed by atoms with Gasteiger partial charge in [-0.3, -0.25) is 0 Å². The molecular weight excluding hydrogens is 106 g/mol. The van der Waals surface area contributed by atoms with Crippen LogP contribution in [0.4, 0.5) is 0 Å². The van der Waals surface area contributed by atoms with Crippen LogP contribution in [0.15, 0.2) is 0 Å². The number of hydroxylamine groups is 2. The maximum absolute atomic E-state index is 10.7. The zero-order chi connectivity index (χ0) is 6.20. The Labute approximate surface area is 48.8 Å². The molecular formula is C5H10NO2. The summed E-state index contributed by atoms with van der Waals surface area (Å²) < 4.78 is 4.89. The molecule has 8 heavy (non-hydrogen) atoms. The van der Waals surface area contributed by atoms with Gasteiger partial charge in [-0.2, -0.15) is 0 Å². The van der Waals surface area contributed by atoms with Crippen molar-refractivity contribution in [2.75, 3.05) is 13.3 Å². The van der Waals surface area contributed by atoms with E-state index in [1.165, 1.54) is 0 Å². The Hall–Kier alpha value is -0.120. The molecule has 0 spiro atoms. The third-order valence-corrected chi connectivity index (χ3v) is 1.34. The van der Waals surface area contributed by atoms with Crippen LogP contribution in [0.3, 0.4) is 0 Å². The number of hydrogen-bond donors (Lipinski definition) is 0. The molecule has 1 fully saturated rings. The zero-order valence-electron chi connectivity index (χ0n) is 5.18. The maximum Gasteiger partial charge on any atom is 0.126 e. The molecule has 0 saturated carbocycles. The lowest BCUT2D eigenvalue weighted by molar-refractivity contribution is -0.204. The standard InChI is InChI=1S/C5H10NO2/c1-5(2)3-8-4-6(5)7/h3-4H2,1-2H3. The Morgan fingerprint density at radius 2 is 2.25 bits per heavy atom. The lowest BCUT2D eigenvalue weighted by Gasteiger charge is -2.18. The first-order valence-electron chi connectivity index (χ1n) is 2.65. The van der Waals surface area contributed by atoms with Crippen molar-refractivity contribution < 1.29 is 9.94 Å². The van der Waals surface area contributed by atoms with E-state index < -0.39 is 0 Å². The second-order valence-electron chi connectivity index (χ2n) is 2.67. The summed E-state index contributed by atoms with van der Waals surface area (Å²) in [6, 6.07) is 0. The second-order valence-corrected chi connectivity index (χ2v) is 2.67. The maximum atomic E-state index is 10.7. The third-order valence-electron chi connectivity index (χ3n) is 1.34. The summed E-state index contributed by atoms with van der Waals surface area (Å²) in [7, 11) is 0. The van der Waals surface area contributed by atoms with Crippen molar-refractivity contribution in [1.29, 1.82) is 0 Å². The molecule has 0 bridgehead atoms. The van der Waals surface area contributed by atoms with Crippen LogP contribution in [0.25, 0.3) is 0 Å². The molecule has 0 N–H and O–H groups in total. The van der Waals surface area contributed by atoms with E-state index in [1.807, 2.05) is 13.8 Å². The summed E-state index contributed by atoms with van der Waals surface area (Å²) in [5, 5.41) is 11.6. The van der Waals surface area contributed by atoms with Crippen LogP contribution in [0.5, 0.6) is 0 Å². The molecule has 0 amide bonds. The van der Waals surface area contributed by atoms with Crippen LogP contribution < -0.4 is 0 Å². The largest absolute Gasteiger partial charge is 0.362 e. The topological polar surface area (TPSA) is 32.4 Å². The van der Waals surface area contributed by atoms with Crippen LogP contribution in [0, 0.1) is 0 Å². The monoisotopic (exact) mass is 116 g/mol. The van der Waals surface area contributed by atoms with E-state index in [-0.39, 0.29) is 12.3 Å². The van der Waals surface area contributed by atoms with Crippen molar-refractivity contribution in [1.82, 2.24) is 5.06 Å². The van der Waals surface area contributed by atoms with E-state index in [2.05, 4.69) is 0 Å². The molecule has 0 aromatic carbocycles. The number of ether oxygens (including phenoxy) is 1. The Balaban J connectivity index is 2.54. The fourth-order valence-corrected chi connectivity index (χ4v) is 0.625. The van der Waals surface area contributed by atoms with Crippen molar-refractivity contribution in [3.8, 4) is 0 Å². The molecule has 3 nitrogen and oxygen atoms in total. The van der Waals surface area contributed by atoms with Crippen LogP contribution in [0.2, 0.25) is 0 Å². The summed E-state index contributed by atoms with van der Waals surface area (Å²) in [6.07, 6.45) is 0.